The predicted molar refractivity (Wildman–Crippen MR) is 125 cm³/mol. The van der Waals surface area contributed by atoms with E-state index in [1.54, 1.807) is 0 Å². The van der Waals surface area contributed by atoms with Gasteiger partial charge in [0.2, 0.25) is 0 Å². The van der Waals surface area contributed by atoms with Crippen molar-refractivity contribution in [2.24, 2.45) is 0 Å². The second-order valence-electron chi connectivity index (χ2n) is 8.09. The fourth-order valence-electron chi connectivity index (χ4n) is 4.03. The smallest absolute Gasteiger partial charge is 0.321 e. The highest BCUT2D eigenvalue weighted by Gasteiger charge is 2.22. The molecule has 0 unspecified atom stereocenters. The minimum Gasteiger partial charge on any atom is -0.465 e. The van der Waals surface area contributed by atoms with Crippen LogP contribution in [0.4, 0.5) is 10.5 Å². The number of imidazole rings is 1. The average Bonchev–Trinajstić information content (AvgIpc) is 3.47. The maximum absolute atomic E-state index is 12.7. The number of rotatable bonds is 5. The van der Waals surface area contributed by atoms with Crippen molar-refractivity contribution in [3.8, 4) is 11.4 Å². The molecule has 0 radical (unpaired) electrons. The number of para-hydroxylation sites is 2. The predicted octanol–water partition coefficient (Wildman–Crippen LogP) is 4.74. The van der Waals surface area contributed by atoms with Crippen molar-refractivity contribution in [3.63, 3.8) is 0 Å². The lowest BCUT2D eigenvalue weighted by molar-refractivity contribution is 0.136. The van der Waals surface area contributed by atoms with Gasteiger partial charge in [0.05, 0.1) is 17.6 Å². The van der Waals surface area contributed by atoms with E-state index in [0.717, 1.165) is 65.7 Å². The molecule has 2 amide bonds. The summed E-state index contributed by atoms with van der Waals surface area (Å²) < 4.78 is 5.81. The first kappa shape index (κ1) is 20.3. The summed E-state index contributed by atoms with van der Waals surface area (Å²) in [6.45, 7) is 5.95. The largest absolute Gasteiger partial charge is 0.465 e. The number of amides is 2. The Kier molecular flexibility index (Phi) is 5.64. The zero-order valence-corrected chi connectivity index (χ0v) is 18.2. The van der Waals surface area contributed by atoms with Crippen LogP contribution in [0.1, 0.15) is 18.4 Å². The SMILES string of the molecule is CCc1ccc(CN2CCN(C(=O)Nc3ccc(-c4nc5ccccc5[nH]4)cc3)CC2)o1. The number of carbonyl (C=O) groups is 1. The number of furan rings is 1. The first-order valence-electron chi connectivity index (χ1n) is 11.1. The number of H-pyrrole nitrogens is 1. The van der Waals surface area contributed by atoms with Crippen molar-refractivity contribution < 1.29 is 9.21 Å². The minimum absolute atomic E-state index is 0.0626. The number of aromatic amines is 1. The molecule has 3 heterocycles. The number of benzene rings is 2. The maximum atomic E-state index is 12.7. The van der Waals surface area contributed by atoms with E-state index in [1.807, 2.05) is 65.6 Å². The lowest BCUT2D eigenvalue weighted by Crippen LogP contribution is -2.49. The molecule has 0 saturated carbocycles. The number of carbonyl (C=O) groups excluding carboxylic acids is 1. The number of hydrogen-bond donors (Lipinski definition) is 2. The van der Waals surface area contributed by atoms with E-state index in [0.29, 0.717) is 13.1 Å². The van der Waals surface area contributed by atoms with Gasteiger partial charge in [-0.1, -0.05) is 19.1 Å². The second kappa shape index (κ2) is 8.88. The molecule has 7 nitrogen and oxygen atoms in total. The Morgan fingerprint density at radius 3 is 2.47 bits per heavy atom. The maximum Gasteiger partial charge on any atom is 0.321 e. The Bertz CT molecular complexity index is 1170. The van der Waals surface area contributed by atoms with Gasteiger partial charge in [0.25, 0.3) is 0 Å². The molecular weight excluding hydrogens is 402 g/mol. The van der Waals surface area contributed by atoms with E-state index in [-0.39, 0.29) is 6.03 Å². The van der Waals surface area contributed by atoms with Crippen LogP contribution in [0.5, 0.6) is 0 Å². The topological polar surface area (TPSA) is 77.4 Å². The molecule has 0 spiro atoms. The third kappa shape index (κ3) is 4.38. The summed E-state index contributed by atoms with van der Waals surface area (Å²) in [6, 6.07) is 19.8. The van der Waals surface area contributed by atoms with E-state index in [9.17, 15) is 4.79 Å². The molecule has 32 heavy (non-hydrogen) atoms. The third-order valence-corrected chi connectivity index (χ3v) is 5.90. The number of nitrogens with one attached hydrogen (secondary N) is 2. The summed E-state index contributed by atoms with van der Waals surface area (Å²) in [7, 11) is 0. The monoisotopic (exact) mass is 429 g/mol. The van der Waals surface area contributed by atoms with Crippen LogP contribution in [0.3, 0.4) is 0 Å². The van der Waals surface area contributed by atoms with Crippen LogP contribution in [-0.2, 0) is 13.0 Å². The number of piperazine rings is 1. The highest BCUT2D eigenvalue weighted by molar-refractivity contribution is 5.89. The molecule has 2 aromatic carbocycles. The van der Waals surface area contributed by atoms with E-state index >= 15 is 0 Å². The summed E-state index contributed by atoms with van der Waals surface area (Å²) in [5.74, 6) is 2.83. The normalized spacial score (nSPS) is 14.7. The van der Waals surface area contributed by atoms with Crippen LogP contribution in [0.15, 0.2) is 65.1 Å². The van der Waals surface area contributed by atoms with Crippen LogP contribution in [-0.4, -0.2) is 52.0 Å². The first-order chi connectivity index (χ1) is 15.7. The summed E-state index contributed by atoms with van der Waals surface area (Å²) in [4.78, 5) is 24.9. The molecule has 0 aliphatic carbocycles. The summed E-state index contributed by atoms with van der Waals surface area (Å²) >= 11 is 0. The zero-order valence-electron chi connectivity index (χ0n) is 18.2. The minimum atomic E-state index is -0.0626. The molecule has 0 atom stereocenters. The summed E-state index contributed by atoms with van der Waals surface area (Å²) in [5, 5.41) is 3.01. The van der Waals surface area contributed by atoms with Crippen molar-refractivity contribution in [1.82, 2.24) is 19.8 Å². The van der Waals surface area contributed by atoms with Crippen molar-refractivity contribution in [3.05, 3.63) is 72.2 Å². The second-order valence-corrected chi connectivity index (χ2v) is 8.09. The van der Waals surface area contributed by atoms with Gasteiger partial charge < -0.3 is 19.6 Å². The van der Waals surface area contributed by atoms with Gasteiger partial charge in [-0.15, -0.1) is 0 Å². The molecule has 4 aromatic rings. The van der Waals surface area contributed by atoms with Crippen molar-refractivity contribution in [1.29, 1.82) is 0 Å². The fraction of sp³-hybridized carbons (Fsp3) is 0.280. The van der Waals surface area contributed by atoms with Gasteiger partial charge in [-0.25, -0.2) is 9.78 Å². The molecule has 2 aromatic heterocycles. The van der Waals surface area contributed by atoms with Gasteiger partial charge in [-0.05, 0) is 48.5 Å². The number of fused-ring (bicyclic) bond motifs is 1. The lowest BCUT2D eigenvalue weighted by Gasteiger charge is -2.34. The number of aromatic nitrogens is 2. The Balaban J connectivity index is 1.15. The molecule has 1 aliphatic heterocycles. The molecule has 1 saturated heterocycles. The van der Waals surface area contributed by atoms with Gasteiger partial charge in [0.15, 0.2) is 0 Å². The van der Waals surface area contributed by atoms with Crippen molar-refractivity contribution >= 4 is 22.8 Å². The van der Waals surface area contributed by atoms with Crippen LogP contribution in [0.2, 0.25) is 0 Å². The number of nitrogens with zero attached hydrogens (tertiary/aromatic N) is 3. The third-order valence-electron chi connectivity index (χ3n) is 5.90. The lowest BCUT2D eigenvalue weighted by atomic mass is 10.2. The summed E-state index contributed by atoms with van der Waals surface area (Å²) in [6.07, 6.45) is 0.910. The molecule has 2 N–H and O–H groups in total. The van der Waals surface area contributed by atoms with Crippen LogP contribution in [0, 0.1) is 0 Å². The van der Waals surface area contributed by atoms with Crippen LogP contribution < -0.4 is 5.32 Å². The Hall–Kier alpha value is -3.58. The average molecular weight is 430 g/mol. The van der Waals surface area contributed by atoms with E-state index < -0.39 is 0 Å². The van der Waals surface area contributed by atoms with E-state index in [2.05, 4.69) is 27.1 Å². The van der Waals surface area contributed by atoms with Gasteiger partial charge in [0, 0.05) is 43.9 Å². The van der Waals surface area contributed by atoms with E-state index in [1.165, 1.54) is 0 Å². The number of hydrogen-bond acceptors (Lipinski definition) is 4. The highest BCUT2D eigenvalue weighted by atomic mass is 16.3. The number of aryl methyl sites for hydroxylation is 1. The highest BCUT2D eigenvalue weighted by Crippen LogP contribution is 2.22. The molecule has 7 heteroatoms. The Labute approximate surface area is 187 Å². The van der Waals surface area contributed by atoms with Crippen molar-refractivity contribution in [2.75, 3.05) is 31.5 Å². The van der Waals surface area contributed by atoms with Gasteiger partial charge in [0.1, 0.15) is 17.3 Å². The van der Waals surface area contributed by atoms with Crippen LogP contribution in [0.25, 0.3) is 22.4 Å². The van der Waals surface area contributed by atoms with Gasteiger partial charge in [-0.3, -0.25) is 4.90 Å². The molecule has 1 aliphatic rings. The van der Waals surface area contributed by atoms with Gasteiger partial charge in [-0.2, -0.15) is 0 Å². The molecule has 1 fully saturated rings. The fourth-order valence-corrected chi connectivity index (χ4v) is 4.03. The van der Waals surface area contributed by atoms with Crippen LogP contribution >= 0.6 is 0 Å². The number of anilines is 1. The molecule has 164 valence electrons. The summed E-state index contributed by atoms with van der Waals surface area (Å²) in [5.41, 5.74) is 3.71. The Morgan fingerprint density at radius 1 is 1.00 bits per heavy atom. The zero-order chi connectivity index (χ0) is 21.9. The molecule has 5 rings (SSSR count). The molecule has 0 bridgehead atoms. The number of urea groups is 1. The van der Waals surface area contributed by atoms with Gasteiger partial charge >= 0.3 is 6.03 Å². The molecular formula is C25H27N5O2. The van der Waals surface area contributed by atoms with E-state index in [4.69, 9.17) is 4.42 Å². The first-order valence-corrected chi connectivity index (χ1v) is 11.1. The standard InChI is InChI=1S/C25H27N5O2/c1-2-20-11-12-21(32-20)17-29-13-15-30(16-14-29)25(31)26-19-9-7-18(8-10-19)24-27-22-5-3-4-6-23(22)28-24/h3-12H,2,13-17H2,1H3,(H,26,31)(H,27,28). The van der Waals surface area contributed by atoms with Crippen molar-refractivity contribution in [2.45, 2.75) is 19.9 Å². The quantitative estimate of drug-likeness (QED) is 0.481. The Morgan fingerprint density at radius 2 is 1.75 bits per heavy atom.